The van der Waals surface area contributed by atoms with E-state index >= 15 is 0 Å². The van der Waals surface area contributed by atoms with E-state index in [0.717, 1.165) is 16.8 Å². The van der Waals surface area contributed by atoms with Crippen molar-refractivity contribution >= 4 is 17.1 Å². The van der Waals surface area contributed by atoms with Gasteiger partial charge in [0.2, 0.25) is 0 Å². The molecule has 0 aliphatic heterocycles. The Bertz CT molecular complexity index is 469. The van der Waals surface area contributed by atoms with Crippen molar-refractivity contribution in [2.45, 2.75) is 13.3 Å². The summed E-state index contributed by atoms with van der Waals surface area (Å²) in [6.07, 6.45) is 0.984. The second-order valence-electron chi connectivity index (χ2n) is 3.92. The van der Waals surface area contributed by atoms with Crippen LogP contribution < -0.4 is 0 Å². The van der Waals surface area contributed by atoms with Gasteiger partial charge in [-0.15, -0.1) is 0 Å². The highest BCUT2D eigenvalue weighted by Gasteiger charge is 1.97. The summed E-state index contributed by atoms with van der Waals surface area (Å²) in [5.74, 6) is 0. The maximum absolute atomic E-state index is 5.14. The lowest BCUT2D eigenvalue weighted by Gasteiger charge is -2.03. The maximum atomic E-state index is 5.14. The molecule has 0 bridgehead atoms. The van der Waals surface area contributed by atoms with Crippen LogP contribution in [0.15, 0.2) is 54.6 Å². The highest BCUT2D eigenvalue weighted by molar-refractivity contribution is 7.80. The molecule has 0 aromatic heterocycles. The summed E-state index contributed by atoms with van der Waals surface area (Å²) in [6, 6.07) is 19.0. The largest absolute Gasteiger partial charge is 0.0846 e. The van der Waals surface area contributed by atoms with Crippen molar-refractivity contribution in [2.24, 2.45) is 0 Å². The van der Waals surface area contributed by atoms with E-state index in [-0.39, 0.29) is 0 Å². The van der Waals surface area contributed by atoms with E-state index in [9.17, 15) is 0 Å². The van der Waals surface area contributed by atoms with Gasteiger partial charge in [0.25, 0.3) is 0 Å². The zero-order chi connectivity index (χ0) is 11.4. The fourth-order valence-corrected chi connectivity index (χ4v) is 1.82. The van der Waals surface area contributed by atoms with Crippen LogP contribution in [0.2, 0.25) is 0 Å². The number of hydrogen-bond donors (Lipinski definition) is 0. The zero-order valence-corrected chi connectivity index (χ0v) is 10.1. The molecule has 0 amide bonds. The lowest BCUT2D eigenvalue weighted by atomic mass is 10.0. The van der Waals surface area contributed by atoms with E-state index in [2.05, 4.69) is 48.5 Å². The molecule has 0 aliphatic carbocycles. The Hall–Kier alpha value is -1.47. The first-order valence-electron chi connectivity index (χ1n) is 5.39. The SMILES string of the molecule is CC(=S)c1ccc(Cc2ccccc2)cc1. The van der Waals surface area contributed by atoms with Gasteiger partial charge in [0.05, 0.1) is 0 Å². The molecular weight excluding hydrogens is 212 g/mol. The molecule has 1 heteroatoms. The summed E-state index contributed by atoms with van der Waals surface area (Å²) in [4.78, 5) is 0.950. The molecule has 0 fully saturated rings. The quantitative estimate of drug-likeness (QED) is 0.563. The summed E-state index contributed by atoms with van der Waals surface area (Å²) in [7, 11) is 0. The van der Waals surface area contributed by atoms with Crippen LogP contribution in [0.3, 0.4) is 0 Å². The molecule has 0 heterocycles. The predicted octanol–water partition coefficient (Wildman–Crippen LogP) is 4.02. The first-order valence-corrected chi connectivity index (χ1v) is 5.80. The van der Waals surface area contributed by atoms with Crippen LogP contribution in [0.1, 0.15) is 23.6 Å². The van der Waals surface area contributed by atoms with Gasteiger partial charge in [-0.2, -0.15) is 0 Å². The van der Waals surface area contributed by atoms with Crippen molar-refractivity contribution in [3.8, 4) is 0 Å². The van der Waals surface area contributed by atoms with Gasteiger partial charge in [0, 0.05) is 4.86 Å². The Kier molecular flexibility index (Phi) is 3.47. The fraction of sp³-hybridized carbons (Fsp3) is 0.133. The number of rotatable bonds is 3. The van der Waals surface area contributed by atoms with Gasteiger partial charge >= 0.3 is 0 Å². The van der Waals surface area contributed by atoms with E-state index in [0.29, 0.717) is 0 Å². The number of benzene rings is 2. The van der Waals surface area contributed by atoms with Crippen LogP contribution in [0, 0.1) is 0 Å². The van der Waals surface area contributed by atoms with Crippen molar-refractivity contribution in [2.75, 3.05) is 0 Å². The van der Waals surface area contributed by atoms with Crippen LogP contribution in [0.4, 0.5) is 0 Å². The molecule has 16 heavy (non-hydrogen) atoms. The zero-order valence-electron chi connectivity index (χ0n) is 9.31. The van der Waals surface area contributed by atoms with Crippen molar-refractivity contribution < 1.29 is 0 Å². The minimum atomic E-state index is 0.950. The normalized spacial score (nSPS) is 10.1. The van der Waals surface area contributed by atoms with Crippen molar-refractivity contribution in [1.29, 1.82) is 0 Å². The maximum Gasteiger partial charge on any atom is 0.0193 e. The highest BCUT2D eigenvalue weighted by Crippen LogP contribution is 2.11. The minimum absolute atomic E-state index is 0.950. The first kappa shape index (κ1) is 11.0. The Morgan fingerprint density at radius 2 is 1.44 bits per heavy atom. The van der Waals surface area contributed by atoms with E-state index < -0.39 is 0 Å². The topological polar surface area (TPSA) is 0 Å². The summed E-state index contributed by atoms with van der Waals surface area (Å²) in [5, 5.41) is 0. The van der Waals surface area contributed by atoms with Crippen LogP contribution in [-0.4, -0.2) is 4.86 Å². The Balaban J connectivity index is 2.14. The van der Waals surface area contributed by atoms with Gasteiger partial charge in [-0.3, -0.25) is 0 Å². The molecule has 2 aromatic rings. The van der Waals surface area contributed by atoms with Gasteiger partial charge in [-0.25, -0.2) is 0 Å². The minimum Gasteiger partial charge on any atom is -0.0846 e. The second-order valence-corrected chi connectivity index (χ2v) is 4.53. The summed E-state index contributed by atoms with van der Waals surface area (Å²) in [5.41, 5.74) is 3.81. The average Bonchev–Trinajstić information content (AvgIpc) is 2.31. The van der Waals surface area contributed by atoms with E-state index in [1.807, 2.05) is 13.0 Å². The van der Waals surface area contributed by atoms with Crippen molar-refractivity contribution in [3.63, 3.8) is 0 Å². The van der Waals surface area contributed by atoms with Gasteiger partial charge in [0.15, 0.2) is 0 Å². The first-order chi connectivity index (χ1) is 7.75. The van der Waals surface area contributed by atoms with Gasteiger partial charge in [-0.05, 0) is 30.0 Å². The lowest BCUT2D eigenvalue weighted by Crippen LogP contribution is -1.92. The Labute approximate surface area is 102 Å². The molecule has 0 radical (unpaired) electrons. The van der Waals surface area contributed by atoms with Crippen LogP contribution >= 0.6 is 12.2 Å². The fourth-order valence-electron chi connectivity index (χ4n) is 1.69. The van der Waals surface area contributed by atoms with Crippen LogP contribution in [-0.2, 0) is 6.42 Å². The van der Waals surface area contributed by atoms with Gasteiger partial charge in [0.1, 0.15) is 0 Å². The molecule has 0 unspecified atom stereocenters. The molecule has 2 aromatic carbocycles. The van der Waals surface area contributed by atoms with Gasteiger partial charge < -0.3 is 0 Å². The smallest absolute Gasteiger partial charge is 0.0193 e. The average molecular weight is 226 g/mol. The summed E-state index contributed by atoms with van der Waals surface area (Å²) < 4.78 is 0. The third kappa shape index (κ3) is 2.77. The molecule has 0 nitrogen and oxygen atoms in total. The standard InChI is InChI=1S/C15H14S/c1-12(16)15-9-7-14(8-10-15)11-13-5-3-2-4-6-13/h2-10H,11H2,1H3. The third-order valence-corrected chi connectivity index (χ3v) is 2.85. The summed E-state index contributed by atoms with van der Waals surface area (Å²) >= 11 is 5.14. The number of thiocarbonyl (C=S) groups is 1. The van der Waals surface area contributed by atoms with E-state index in [1.165, 1.54) is 11.1 Å². The molecule has 0 aliphatic rings. The van der Waals surface area contributed by atoms with E-state index in [1.54, 1.807) is 0 Å². The van der Waals surface area contributed by atoms with Crippen LogP contribution in [0.5, 0.6) is 0 Å². The number of hydrogen-bond acceptors (Lipinski definition) is 1. The molecule has 2 rings (SSSR count). The Morgan fingerprint density at radius 3 is 2.00 bits per heavy atom. The van der Waals surface area contributed by atoms with Crippen LogP contribution in [0.25, 0.3) is 0 Å². The molecule has 0 atom stereocenters. The molecule has 0 saturated carbocycles. The molecule has 80 valence electrons. The Morgan fingerprint density at radius 1 is 0.875 bits per heavy atom. The van der Waals surface area contributed by atoms with Gasteiger partial charge in [-0.1, -0.05) is 66.8 Å². The molecular formula is C15H14S. The lowest BCUT2D eigenvalue weighted by molar-refractivity contribution is 1.19. The van der Waals surface area contributed by atoms with Crippen molar-refractivity contribution in [3.05, 3.63) is 71.3 Å². The molecule has 0 N–H and O–H groups in total. The van der Waals surface area contributed by atoms with E-state index in [4.69, 9.17) is 12.2 Å². The monoisotopic (exact) mass is 226 g/mol. The second kappa shape index (κ2) is 5.04. The molecule has 0 saturated heterocycles. The predicted molar refractivity (Wildman–Crippen MR) is 73.1 cm³/mol. The highest BCUT2D eigenvalue weighted by atomic mass is 32.1. The third-order valence-electron chi connectivity index (χ3n) is 2.61. The molecule has 0 spiro atoms. The summed E-state index contributed by atoms with van der Waals surface area (Å²) in [6.45, 7) is 1.96. The van der Waals surface area contributed by atoms with Crippen molar-refractivity contribution in [1.82, 2.24) is 0 Å².